The zero-order valence-corrected chi connectivity index (χ0v) is 16.2. The fourth-order valence-electron chi connectivity index (χ4n) is 4.27. The predicted octanol–water partition coefficient (Wildman–Crippen LogP) is 5.71. The molecular formula is C24H27NO2. The van der Waals surface area contributed by atoms with E-state index in [4.69, 9.17) is 9.47 Å². The summed E-state index contributed by atoms with van der Waals surface area (Å²) in [5.74, 6) is 2.08. The molecule has 3 nitrogen and oxygen atoms in total. The smallest absolute Gasteiger partial charge is 0.161 e. The van der Waals surface area contributed by atoms with Gasteiger partial charge in [0.15, 0.2) is 11.5 Å². The van der Waals surface area contributed by atoms with Crippen LogP contribution in [0.15, 0.2) is 49.1 Å². The van der Waals surface area contributed by atoms with Crippen molar-refractivity contribution >= 4 is 10.9 Å². The number of nitrogens with one attached hydrogen (secondary N) is 1. The van der Waals surface area contributed by atoms with E-state index in [1.54, 1.807) is 13.2 Å². The number of H-pyrrole nitrogens is 1. The van der Waals surface area contributed by atoms with Crippen LogP contribution in [0, 0.1) is 6.92 Å². The fraction of sp³-hybridized carbons (Fsp3) is 0.333. The van der Waals surface area contributed by atoms with Crippen molar-refractivity contribution < 1.29 is 9.47 Å². The van der Waals surface area contributed by atoms with Crippen LogP contribution in [-0.2, 0) is 12.8 Å². The lowest BCUT2D eigenvalue weighted by atomic mass is 9.83. The van der Waals surface area contributed by atoms with Crippen molar-refractivity contribution in [2.75, 3.05) is 13.7 Å². The van der Waals surface area contributed by atoms with Crippen LogP contribution in [-0.4, -0.2) is 18.7 Å². The maximum atomic E-state index is 5.68. The molecule has 0 saturated carbocycles. The van der Waals surface area contributed by atoms with Gasteiger partial charge in [0.2, 0.25) is 0 Å². The van der Waals surface area contributed by atoms with Crippen LogP contribution in [0.2, 0.25) is 0 Å². The molecule has 1 aliphatic carbocycles. The summed E-state index contributed by atoms with van der Waals surface area (Å²) in [7, 11) is 1.69. The van der Waals surface area contributed by atoms with Crippen molar-refractivity contribution in [1.82, 2.24) is 4.98 Å². The van der Waals surface area contributed by atoms with Gasteiger partial charge in [-0.25, -0.2) is 0 Å². The molecular weight excluding hydrogens is 334 g/mol. The van der Waals surface area contributed by atoms with E-state index in [0.717, 1.165) is 17.9 Å². The monoisotopic (exact) mass is 361 g/mol. The van der Waals surface area contributed by atoms with Crippen molar-refractivity contribution in [2.24, 2.45) is 0 Å². The summed E-state index contributed by atoms with van der Waals surface area (Å²) in [6, 6.07) is 13.0. The minimum Gasteiger partial charge on any atom is -0.493 e. The van der Waals surface area contributed by atoms with Crippen molar-refractivity contribution in [2.45, 2.75) is 38.5 Å². The number of aromatic nitrogens is 1. The van der Waals surface area contributed by atoms with Gasteiger partial charge in [-0.1, -0.05) is 30.4 Å². The number of fused-ring (bicyclic) bond motifs is 3. The Morgan fingerprint density at radius 1 is 1.19 bits per heavy atom. The number of aryl methyl sites for hydroxylation is 2. The third-order valence-electron chi connectivity index (χ3n) is 5.55. The third kappa shape index (κ3) is 3.46. The van der Waals surface area contributed by atoms with Gasteiger partial charge in [0.1, 0.15) is 6.61 Å². The van der Waals surface area contributed by atoms with Gasteiger partial charge >= 0.3 is 0 Å². The maximum absolute atomic E-state index is 5.68. The molecule has 140 valence electrons. The van der Waals surface area contributed by atoms with E-state index in [9.17, 15) is 0 Å². The maximum Gasteiger partial charge on any atom is 0.161 e. The van der Waals surface area contributed by atoms with E-state index >= 15 is 0 Å². The number of hydrogen-bond donors (Lipinski definition) is 1. The van der Waals surface area contributed by atoms with E-state index in [1.807, 2.05) is 6.07 Å². The number of rotatable bonds is 6. The van der Waals surface area contributed by atoms with E-state index in [-0.39, 0.29) is 0 Å². The molecule has 0 saturated heterocycles. The highest BCUT2D eigenvalue weighted by molar-refractivity contribution is 5.85. The van der Waals surface area contributed by atoms with Crippen molar-refractivity contribution in [3.8, 4) is 11.5 Å². The first-order chi connectivity index (χ1) is 13.2. The lowest BCUT2D eigenvalue weighted by Crippen LogP contribution is -2.11. The molecule has 1 aliphatic rings. The first-order valence-electron chi connectivity index (χ1n) is 9.71. The molecule has 3 aromatic rings. The highest BCUT2D eigenvalue weighted by Gasteiger charge is 2.24. The average molecular weight is 361 g/mol. The summed E-state index contributed by atoms with van der Waals surface area (Å²) < 4.78 is 11.2. The van der Waals surface area contributed by atoms with Crippen molar-refractivity contribution in [3.63, 3.8) is 0 Å². The van der Waals surface area contributed by atoms with E-state index in [1.165, 1.54) is 52.5 Å². The van der Waals surface area contributed by atoms with Crippen LogP contribution in [0.5, 0.6) is 11.5 Å². The lowest BCUT2D eigenvalue weighted by Gasteiger charge is -2.23. The Hall–Kier alpha value is -2.68. The topological polar surface area (TPSA) is 34.2 Å². The normalized spacial score (nSPS) is 16.1. The Morgan fingerprint density at radius 2 is 2.07 bits per heavy atom. The third-order valence-corrected chi connectivity index (χ3v) is 5.55. The Labute approximate surface area is 161 Å². The Bertz CT molecular complexity index is 970. The quantitative estimate of drug-likeness (QED) is 0.570. The van der Waals surface area contributed by atoms with Gasteiger partial charge in [0.05, 0.1) is 7.11 Å². The van der Waals surface area contributed by atoms with Gasteiger partial charge < -0.3 is 14.5 Å². The number of hydrogen-bond acceptors (Lipinski definition) is 2. The van der Waals surface area contributed by atoms with Crippen LogP contribution >= 0.6 is 0 Å². The number of ether oxygens (including phenoxy) is 2. The fourth-order valence-corrected chi connectivity index (χ4v) is 4.27. The first kappa shape index (κ1) is 17.7. The predicted molar refractivity (Wildman–Crippen MR) is 111 cm³/mol. The molecule has 3 heteroatoms. The molecule has 0 radical (unpaired) electrons. The second-order valence-corrected chi connectivity index (χ2v) is 7.44. The van der Waals surface area contributed by atoms with Crippen molar-refractivity contribution in [1.29, 1.82) is 0 Å². The van der Waals surface area contributed by atoms with Gasteiger partial charge in [-0.3, -0.25) is 0 Å². The molecule has 0 bridgehead atoms. The molecule has 0 spiro atoms. The Balaban J connectivity index is 1.63. The van der Waals surface area contributed by atoms with E-state index < -0.39 is 0 Å². The lowest BCUT2D eigenvalue weighted by molar-refractivity contribution is 0.326. The van der Waals surface area contributed by atoms with Gasteiger partial charge in [-0.15, -0.1) is 0 Å². The summed E-state index contributed by atoms with van der Waals surface area (Å²) in [5, 5.41) is 1.40. The van der Waals surface area contributed by atoms with E-state index in [2.05, 4.69) is 48.8 Å². The van der Waals surface area contributed by atoms with Crippen LogP contribution < -0.4 is 9.47 Å². The number of benzene rings is 2. The molecule has 0 amide bonds. The van der Waals surface area contributed by atoms with Crippen LogP contribution in [0.25, 0.3) is 10.9 Å². The zero-order valence-electron chi connectivity index (χ0n) is 16.2. The molecule has 1 aromatic heterocycles. The summed E-state index contributed by atoms with van der Waals surface area (Å²) in [6.07, 6.45) is 6.39. The summed E-state index contributed by atoms with van der Waals surface area (Å²) in [6.45, 7) is 6.35. The molecule has 1 N–H and O–H groups in total. The van der Waals surface area contributed by atoms with Crippen LogP contribution in [0.1, 0.15) is 41.1 Å². The average Bonchev–Trinajstić information content (AvgIpc) is 3.06. The molecule has 4 rings (SSSR count). The molecule has 1 atom stereocenters. The Kier molecular flexibility index (Phi) is 4.93. The van der Waals surface area contributed by atoms with Gasteiger partial charge in [0, 0.05) is 22.5 Å². The van der Waals surface area contributed by atoms with Gasteiger partial charge in [-0.2, -0.15) is 0 Å². The number of methoxy groups -OCH3 is 1. The second kappa shape index (κ2) is 7.51. The molecule has 0 aliphatic heterocycles. The molecule has 1 heterocycles. The molecule has 1 unspecified atom stereocenters. The first-order valence-corrected chi connectivity index (χ1v) is 9.71. The molecule has 27 heavy (non-hydrogen) atoms. The zero-order chi connectivity index (χ0) is 18.8. The van der Waals surface area contributed by atoms with Crippen LogP contribution in [0.4, 0.5) is 0 Å². The summed E-state index contributed by atoms with van der Waals surface area (Å²) >= 11 is 0. The molecule has 0 fully saturated rings. The standard InChI is InChI=1S/C24H27NO2/c1-4-12-27-22-11-9-17(15-23(22)26-3)14-18-6-5-7-19-20-13-16(2)8-10-21(20)25-24(18)19/h4,8-11,13,15,18,25H,1,5-7,12,14H2,2-3H3. The van der Waals surface area contributed by atoms with Gasteiger partial charge in [0.25, 0.3) is 0 Å². The number of aromatic amines is 1. The highest BCUT2D eigenvalue weighted by atomic mass is 16.5. The second-order valence-electron chi connectivity index (χ2n) is 7.44. The summed E-state index contributed by atoms with van der Waals surface area (Å²) in [4.78, 5) is 3.71. The SMILES string of the molecule is C=CCOc1ccc(CC2CCCc3c2[nH]c2ccc(C)cc32)cc1OC. The summed E-state index contributed by atoms with van der Waals surface area (Å²) in [5.41, 5.74) is 6.82. The van der Waals surface area contributed by atoms with Crippen LogP contribution in [0.3, 0.4) is 0 Å². The minimum atomic E-state index is 0.482. The minimum absolute atomic E-state index is 0.482. The Morgan fingerprint density at radius 3 is 2.89 bits per heavy atom. The van der Waals surface area contributed by atoms with E-state index in [0.29, 0.717) is 12.5 Å². The largest absolute Gasteiger partial charge is 0.493 e. The molecule has 2 aromatic carbocycles. The van der Waals surface area contributed by atoms with Crippen molar-refractivity contribution in [3.05, 3.63) is 71.4 Å². The highest BCUT2D eigenvalue weighted by Crippen LogP contribution is 2.39. The van der Waals surface area contributed by atoms with Gasteiger partial charge in [-0.05, 0) is 68.0 Å².